The summed E-state index contributed by atoms with van der Waals surface area (Å²) in [5, 5.41) is 5.56. The zero-order chi connectivity index (χ0) is 16.0. The number of nitrogens with one attached hydrogen (secondary N) is 1. The molecule has 1 N–H and O–H groups in total. The van der Waals surface area contributed by atoms with Gasteiger partial charge in [0.15, 0.2) is 5.69 Å². The zero-order valence-corrected chi connectivity index (χ0v) is 11.7. The largest absolute Gasteiger partial charge is 0.466 e. The van der Waals surface area contributed by atoms with Crippen LogP contribution in [-0.4, -0.2) is 34.8 Å². The molecule has 1 aromatic heterocycles. The SMILES string of the molecule is CCOC(=O)CCCNC(=O)c1cn(C)nc1C(F)(F)F. The van der Waals surface area contributed by atoms with Crippen LogP contribution in [0.1, 0.15) is 35.8 Å². The second-order valence-electron chi connectivity index (χ2n) is 4.23. The first-order valence-corrected chi connectivity index (χ1v) is 6.30. The summed E-state index contributed by atoms with van der Waals surface area (Å²) in [7, 11) is 1.30. The van der Waals surface area contributed by atoms with E-state index in [9.17, 15) is 22.8 Å². The fraction of sp³-hybridized carbons (Fsp3) is 0.583. The van der Waals surface area contributed by atoms with Crippen molar-refractivity contribution in [2.75, 3.05) is 13.2 Å². The van der Waals surface area contributed by atoms with Crippen molar-refractivity contribution < 1.29 is 27.5 Å². The Bertz CT molecular complexity index is 512. The van der Waals surface area contributed by atoms with E-state index in [1.54, 1.807) is 6.92 Å². The molecular formula is C12H16F3N3O3. The standard InChI is InChI=1S/C12H16F3N3O3/c1-3-21-9(19)5-4-6-16-11(20)8-7-18(2)17-10(8)12(13,14)15/h7H,3-6H2,1-2H3,(H,16,20). The van der Waals surface area contributed by atoms with Gasteiger partial charge in [0.2, 0.25) is 0 Å². The van der Waals surface area contributed by atoms with E-state index in [1.807, 2.05) is 0 Å². The van der Waals surface area contributed by atoms with E-state index in [0.717, 1.165) is 10.9 Å². The number of aromatic nitrogens is 2. The van der Waals surface area contributed by atoms with Gasteiger partial charge in [0.25, 0.3) is 5.91 Å². The highest BCUT2D eigenvalue weighted by atomic mass is 19.4. The lowest BCUT2D eigenvalue weighted by Gasteiger charge is -2.07. The van der Waals surface area contributed by atoms with Crippen LogP contribution in [0.2, 0.25) is 0 Å². The second kappa shape index (κ2) is 7.09. The first-order chi connectivity index (χ1) is 9.75. The molecule has 1 aromatic rings. The highest BCUT2D eigenvalue weighted by Crippen LogP contribution is 2.30. The summed E-state index contributed by atoms with van der Waals surface area (Å²) in [6, 6.07) is 0. The number of hydrogen-bond acceptors (Lipinski definition) is 4. The average molecular weight is 307 g/mol. The number of amides is 1. The number of carbonyl (C=O) groups excluding carboxylic acids is 2. The molecule has 9 heteroatoms. The number of halogens is 3. The minimum absolute atomic E-state index is 0.0733. The molecule has 0 unspecified atom stereocenters. The van der Waals surface area contributed by atoms with Gasteiger partial charge in [-0.05, 0) is 13.3 Å². The summed E-state index contributed by atoms with van der Waals surface area (Å²) < 4.78 is 43.7. The highest BCUT2D eigenvalue weighted by molar-refractivity contribution is 5.95. The normalized spacial score (nSPS) is 11.3. The van der Waals surface area contributed by atoms with Crippen molar-refractivity contribution in [2.45, 2.75) is 25.9 Å². The lowest BCUT2D eigenvalue weighted by atomic mass is 10.2. The molecule has 0 spiro atoms. The Hall–Kier alpha value is -2.06. The molecule has 0 fully saturated rings. The molecule has 0 atom stereocenters. The van der Waals surface area contributed by atoms with E-state index in [4.69, 9.17) is 0 Å². The Balaban J connectivity index is 2.55. The average Bonchev–Trinajstić information content (AvgIpc) is 2.77. The van der Waals surface area contributed by atoms with Crippen LogP contribution in [0.5, 0.6) is 0 Å². The van der Waals surface area contributed by atoms with E-state index in [-0.39, 0.29) is 26.0 Å². The molecule has 21 heavy (non-hydrogen) atoms. The fourth-order valence-corrected chi connectivity index (χ4v) is 1.63. The summed E-state index contributed by atoms with van der Waals surface area (Å²) in [5.41, 5.74) is -1.77. The highest BCUT2D eigenvalue weighted by Gasteiger charge is 2.38. The Kier molecular flexibility index (Phi) is 5.74. The minimum atomic E-state index is -4.70. The third kappa shape index (κ3) is 5.09. The summed E-state index contributed by atoms with van der Waals surface area (Å²) >= 11 is 0. The number of rotatable bonds is 6. The van der Waals surface area contributed by atoms with Gasteiger partial charge >= 0.3 is 12.1 Å². The lowest BCUT2D eigenvalue weighted by molar-refractivity contribution is -0.143. The first-order valence-electron chi connectivity index (χ1n) is 6.30. The van der Waals surface area contributed by atoms with E-state index in [1.165, 1.54) is 7.05 Å². The first kappa shape index (κ1) is 17.0. The molecule has 0 saturated carbocycles. The number of alkyl halides is 3. The van der Waals surface area contributed by atoms with Crippen molar-refractivity contribution in [3.8, 4) is 0 Å². The number of nitrogens with zero attached hydrogens (tertiary/aromatic N) is 2. The maximum Gasteiger partial charge on any atom is 0.435 e. The summed E-state index contributed by atoms with van der Waals surface area (Å²) in [6.07, 6.45) is -3.32. The quantitative estimate of drug-likeness (QED) is 0.639. The smallest absolute Gasteiger partial charge is 0.435 e. The van der Waals surface area contributed by atoms with Crippen LogP contribution in [0.25, 0.3) is 0 Å². The fourth-order valence-electron chi connectivity index (χ4n) is 1.63. The van der Waals surface area contributed by atoms with Crippen LogP contribution in [0, 0.1) is 0 Å². The molecule has 118 valence electrons. The van der Waals surface area contributed by atoms with Crippen LogP contribution >= 0.6 is 0 Å². The molecule has 0 aromatic carbocycles. The minimum Gasteiger partial charge on any atom is -0.466 e. The van der Waals surface area contributed by atoms with Crippen molar-refractivity contribution in [3.05, 3.63) is 17.5 Å². The molecular weight excluding hydrogens is 291 g/mol. The molecule has 1 amide bonds. The summed E-state index contributed by atoms with van der Waals surface area (Å²) in [6.45, 7) is 2.00. The number of carbonyl (C=O) groups is 2. The van der Waals surface area contributed by atoms with Crippen LogP contribution in [0.15, 0.2) is 6.20 Å². The van der Waals surface area contributed by atoms with Crippen LogP contribution in [0.3, 0.4) is 0 Å². The van der Waals surface area contributed by atoms with E-state index < -0.39 is 29.3 Å². The molecule has 0 aliphatic heterocycles. The van der Waals surface area contributed by atoms with Gasteiger partial charge in [-0.2, -0.15) is 18.3 Å². The maximum absolute atomic E-state index is 12.7. The number of ether oxygens (including phenoxy) is 1. The number of aryl methyl sites for hydroxylation is 1. The molecule has 1 rings (SSSR count). The molecule has 0 saturated heterocycles. The maximum atomic E-state index is 12.7. The van der Waals surface area contributed by atoms with Crippen LogP contribution in [-0.2, 0) is 22.8 Å². The Labute approximate surface area is 119 Å². The molecule has 0 aliphatic carbocycles. The van der Waals surface area contributed by atoms with Crippen LogP contribution in [0.4, 0.5) is 13.2 Å². The number of esters is 1. The van der Waals surface area contributed by atoms with Crippen molar-refractivity contribution in [3.63, 3.8) is 0 Å². The van der Waals surface area contributed by atoms with Crippen LogP contribution < -0.4 is 5.32 Å². The van der Waals surface area contributed by atoms with Gasteiger partial charge in [-0.3, -0.25) is 14.3 Å². The lowest BCUT2D eigenvalue weighted by Crippen LogP contribution is -2.27. The van der Waals surface area contributed by atoms with E-state index >= 15 is 0 Å². The van der Waals surface area contributed by atoms with E-state index in [2.05, 4.69) is 15.2 Å². The monoisotopic (exact) mass is 307 g/mol. The Morgan fingerprint density at radius 2 is 2.10 bits per heavy atom. The van der Waals surface area contributed by atoms with Gasteiger partial charge in [-0.1, -0.05) is 0 Å². The van der Waals surface area contributed by atoms with Crippen molar-refractivity contribution >= 4 is 11.9 Å². The van der Waals surface area contributed by atoms with Gasteiger partial charge in [-0.25, -0.2) is 0 Å². The van der Waals surface area contributed by atoms with Gasteiger partial charge in [0.05, 0.1) is 12.2 Å². The molecule has 0 bridgehead atoms. The molecule has 6 nitrogen and oxygen atoms in total. The Morgan fingerprint density at radius 1 is 1.43 bits per heavy atom. The summed E-state index contributed by atoms with van der Waals surface area (Å²) in [5.74, 6) is -1.29. The van der Waals surface area contributed by atoms with Gasteiger partial charge in [0, 0.05) is 26.2 Å². The van der Waals surface area contributed by atoms with Gasteiger partial charge in [0.1, 0.15) is 0 Å². The molecule has 1 heterocycles. The molecule has 0 radical (unpaired) electrons. The van der Waals surface area contributed by atoms with Gasteiger partial charge < -0.3 is 10.1 Å². The van der Waals surface area contributed by atoms with Gasteiger partial charge in [-0.15, -0.1) is 0 Å². The predicted molar refractivity (Wildman–Crippen MR) is 66.4 cm³/mol. The second-order valence-corrected chi connectivity index (χ2v) is 4.23. The third-order valence-corrected chi connectivity index (χ3v) is 2.49. The number of hydrogen-bond donors (Lipinski definition) is 1. The third-order valence-electron chi connectivity index (χ3n) is 2.49. The van der Waals surface area contributed by atoms with Crippen molar-refractivity contribution in [1.29, 1.82) is 0 Å². The van der Waals surface area contributed by atoms with Crippen molar-refractivity contribution in [1.82, 2.24) is 15.1 Å². The topological polar surface area (TPSA) is 73.2 Å². The summed E-state index contributed by atoms with van der Waals surface area (Å²) in [4.78, 5) is 22.8. The van der Waals surface area contributed by atoms with Crippen molar-refractivity contribution in [2.24, 2.45) is 7.05 Å². The Morgan fingerprint density at radius 3 is 2.67 bits per heavy atom. The zero-order valence-electron chi connectivity index (χ0n) is 11.7. The molecule has 0 aliphatic rings. The predicted octanol–water partition coefficient (Wildman–Crippen LogP) is 1.51. The van der Waals surface area contributed by atoms with E-state index in [0.29, 0.717) is 0 Å².